The van der Waals surface area contributed by atoms with Gasteiger partial charge >= 0.3 is 0 Å². The van der Waals surface area contributed by atoms with Gasteiger partial charge in [-0.2, -0.15) is 0 Å². The molecule has 0 bridgehead atoms. The summed E-state index contributed by atoms with van der Waals surface area (Å²) >= 11 is 0. The highest BCUT2D eigenvalue weighted by atomic mass is 28.3. The smallest absolute Gasteiger partial charge is 0.137 e. The largest absolute Gasteiger partial charge is 0.457 e. The van der Waals surface area contributed by atoms with Crippen LogP contribution in [-0.4, -0.2) is 22.2 Å². The fourth-order valence-electron chi connectivity index (χ4n) is 10.9. The van der Waals surface area contributed by atoms with Crippen molar-refractivity contribution in [3.05, 3.63) is 199 Å². The van der Waals surface area contributed by atoms with E-state index in [4.69, 9.17) is 12.5 Å². The van der Waals surface area contributed by atoms with E-state index in [1.165, 1.54) is 65.2 Å². The predicted molar refractivity (Wildman–Crippen MR) is 310 cm³/mol. The number of nitrogens with zero attached hydrogens (tertiary/aromatic N) is 4. The van der Waals surface area contributed by atoms with Crippen molar-refractivity contribution in [1.82, 2.24) is 14.1 Å². The highest BCUT2D eigenvalue weighted by Crippen LogP contribution is 2.46. The highest BCUT2D eigenvalue weighted by Gasteiger charge is 2.28. The van der Waals surface area contributed by atoms with Crippen LogP contribution in [0.25, 0.3) is 82.1 Å². The van der Waals surface area contributed by atoms with Crippen LogP contribution in [0, 0.1) is 5.41 Å². The quantitative estimate of drug-likeness (QED) is 0.149. The second-order valence-corrected chi connectivity index (χ2v) is 27.7. The number of fused-ring (bicyclic) bond motifs is 10. The van der Waals surface area contributed by atoms with E-state index in [0.717, 1.165) is 38.9 Å². The Morgan fingerprint density at radius 2 is 1.17 bits per heavy atom. The van der Waals surface area contributed by atoms with Crippen molar-refractivity contribution in [3.63, 3.8) is 0 Å². The SMILES string of the molecule is [2H]C([2H])(c1ccnc(-n2c3ccccc3c3ccc(Oc4cccc(N5Cn6c7c(-c8cc(C(C)(C)C)cc([Si](C)(C)C)c8)cccc7c7ccccc7c7ccccc7c7cccc5c76)c4)cc32)c1)C(C)(C)C. The summed E-state index contributed by atoms with van der Waals surface area (Å²) in [4.78, 5) is 7.28. The van der Waals surface area contributed by atoms with Gasteiger partial charge in [-0.15, -0.1) is 0 Å². The fraction of sp³-hybridized carbons (Fsp3) is 0.197. The van der Waals surface area contributed by atoms with Crippen LogP contribution >= 0.6 is 0 Å². The summed E-state index contributed by atoms with van der Waals surface area (Å²) in [6.07, 6.45) is 0.142. The summed E-state index contributed by atoms with van der Waals surface area (Å²) in [5.74, 6) is 2.07. The number of anilines is 2. The number of hydrogen-bond acceptors (Lipinski definition) is 3. The zero-order valence-electron chi connectivity index (χ0n) is 44.8. The Morgan fingerprint density at radius 1 is 0.556 bits per heavy atom. The zero-order valence-corrected chi connectivity index (χ0v) is 43.8. The number of aromatic nitrogens is 3. The molecule has 6 heteroatoms. The van der Waals surface area contributed by atoms with Gasteiger partial charge < -0.3 is 14.2 Å². The number of hydrogen-bond donors (Lipinski definition) is 0. The van der Waals surface area contributed by atoms with Crippen molar-refractivity contribution in [2.75, 3.05) is 4.90 Å². The van der Waals surface area contributed by atoms with Crippen LogP contribution in [-0.2, 0) is 18.5 Å². The molecule has 8 aromatic carbocycles. The summed E-state index contributed by atoms with van der Waals surface area (Å²) in [5, 5.41) is 10.9. The lowest BCUT2D eigenvalue weighted by Crippen LogP contribution is -2.38. The minimum atomic E-state index is -1.74. The first kappa shape index (κ1) is 43.1. The molecule has 72 heavy (non-hydrogen) atoms. The number of benzene rings is 8. The molecule has 0 unspecified atom stereocenters. The van der Waals surface area contributed by atoms with Gasteiger partial charge in [-0.05, 0) is 104 Å². The van der Waals surface area contributed by atoms with Crippen molar-refractivity contribution in [2.24, 2.45) is 5.41 Å². The Balaban J connectivity index is 1.04. The highest BCUT2D eigenvalue weighted by molar-refractivity contribution is 6.88. The number of ether oxygens (including phenoxy) is 1. The van der Waals surface area contributed by atoms with Gasteiger partial charge in [-0.25, -0.2) is 4.98 Å². The molecule has 0 saturated carbocycles. The third-order valence-electron chi connectivity index (χ3n) is 14.4. The van der Waals surface area contributed by atoms with Gasteiger partial charge in [0.2, 0.25) is 0 Å². The van der Waals surface area contributed by atoms with E-state index in [1.807, 2.05) is 45.0 Å². The maximum atomic E-state index is 9.10. The molecule has 12 rings (SSSR count). The molecule has 0 saturated heterocycles. The van der Waals surface area contributed by atoms with Crippen LogP contribution in [0.15, 0.2) is 188 Å². The van der Waals surface area contributed by atoms with Crippen LogP contribution in [0.2, 0.25) is 19.6 Å². The van der Waals surface area contributed by atoms with E-state index in [9.17, 15) is 0 Å². The molecule has 1 aliphatic rings. The molecule has 0 radical (unpaired) electrons. The standard InChI is InChI=1S/C66H62N4OSi/c1-65(2,3)41-43-33-34-67-62(35-43)70-59-29-15-14-25-55(59)56-32-31-48(40-61(56)70)71-47-20-16-19-46(39-47)68-42-69-63-50(44-36-45(66(4,5)6)38-49(37-44)72(7,8)9)26-17-27-57(63)53-23-12-10-21-51(53)52-22-11-13-24-54(52)58-28-18-30-60(68)64(58)69/h10-40H,41-42H2,1-9H3/i41D2. The molecule has 0 atom stereocenters. The first-order chi connectivity index (χ1) is 35.3. The Labute approximate surface area is 427 Å². The second kappa shape index (κ2) is 17.0. The Bertz CT molecular complexity index is 4120. The first-order valence-electron chi connectivity index (χ1n) is 26.3. The molecule has 356 valence electrons. The van der Waals surface area contributed by atoms with E-state index >= 15 is 0 Å². The molecule has 4 heterocycles. The normalized spacial score (nSPS) is 13.7. The molecule has 1 aliphatic heterocycles. The van der Waals surface area contributed by atoms with E-state index in [-0.39, 0.29) is 5.41 Å². The van der Waals surface area contributed by atoms with E-state index in [2.05, 4.69) is 206 Å². The predicted octanol–water partition coefficient (Wildman–Crippen LogP) is 17.7. The van der Waals surface area contributed by atoms with Gasteiger partial charge in [-0.3, -0.25) is 4.57 Å². The summed E-state index contributed by atoms with van der Waals surface area (Å²) < 4.78 is 29.8. The Kier molecular flexibility index (Phi) is 10.2. The topological polar surface area (TPSA) is 35.2 Å². The molecule has 0 aliphatic carbocycles. The molecular formula is C66H62N4OSi. The third-order valence-corrected chi connectivity index (χ3v) is 16.4. The van der Waals surface area contributed by atoms with E-state index in [1.54, 1.807) is 12.3 Å². The number of rotatable bonds is 7. The summed E-state index contributed by atoms with van der Waals surface area (Å²) in [6, 6.07) is 65.7. The Morgan fingerprint density at radius 3 is 1.86 bits per heavy atom. The minimum absolute atomic E-state index is 0.0329. The number of pyridine rings is 1. The Hall–Kier alpha value is -7.67. The molecule has 0 amide bonds. The van der Waals surface area contributed by atoms with E-state index in [0.29, 0.717) is 23.8 Å². The maximum absolute atomic E-state index is 9.10. The average Bonchev–Trinajstić information content (AvgIpc) is 3.96. The molecule has 3 aromatic heterocycles. The third kappa shape index (κ3) is 7.99. The lowest BCUT2D eigenvalue weighted by Gasteiger charge is -2.26. The first-order valence-corrected chi connectivity index (χ1v) is 28.8. The second-order valence-electron chi connectivity index (χ2n) is 22.7. The molecular weight excluding hydrogens is 893 g/mol. The van der Waals surface area contributed by atoms with Crippen LogP contribution in [0.4, 0.5) is 11.4 Å². The average molecular weight is 957 g/mol. The van der Waals surface area contributed by atoms with Crippen molar-refractivity contribution >= 4 is 89.8 Å². The summed E-state index contributed by atoms with van der Waals surface area (Å²) in [6.45, 7) is 20.8. The van der Waals surface area contributed by atoms with Gasteiger partial charge in [0.25, 0.3) is 0 Å². The maximum Gasteiger partial charge on any atom is 0.137 e. The molecule has 0 spiro atoms. The monoisotopic (exact) mass is 956 g/mol. The lowest BCUT2D eigenvalue weighted by atomic mass is 9.85. The van der Waals surface area contributed by atoms with Crippen LogP contribution < -0.4 is 14.8 Å². The van der Waals surface area contributed by atoms with Crippen LogP contribution in [0.3, 0.4) is 0 Å². The molecule has 0 fully saturated rings. The van der Waals surface area contributed by atoms with Crippen LogP contribution in [0.1, 0.15) is 55.4 Å². The van der Waals surface area contributed by atoms with Crippen LogP contribution in [0.5, 0.6) is 11.5 Å². The lowest BCUT2D eigenvalue weighted by molar-refractivity contribution is 0.411. The van der Waals surface area contributed by atoms with Crippen molar-refractivity contribution in [3.8, 4) is 28.4 Å². The van der Waals surface area contributed by atoms with Crippen molar-refractivity contribution in [2.45, 2.75) is 79.6 Å². The van der Waals surface area contributed by atoms with Crippen molar-refractivity contribution < 1.29 is 7.48 Å². The van der Waals surface area contributed by atoms with Gasteiger partial charge in [0, 0.05) is 53.9 Å². The van der Waals surface area contributed by atoms with Gasteiger partial charge in [0.15, 0.2) is 0 Å². The molecule has 0 N–H and O–H groups in total. The van der Waals surface area contributed by atoms with Crippen molar-refractivity contribution in [1.29, 1.82) is 0 Å². The van der Waals surface area contributed by atoms with Gasteiger partial charge in [0.1, 0.15) is 24.0 Å². The summed E-state index contributed by atoms with van der Waals surface area (Å²) in [5.41, 5.74) is 10.2. The van der Waals surface area contributed by atoms with Gasteiger partial charge in [-0.1, -0.05) is 188 Å². The molecule has 11 aromatic rings. The fourth-order valence-corrected chi connectivity index (χ4v) is 12.1. The van der Waals surface area contributed by atoms with E-state index < -0.39 is 19.9 Å². The summed E-state index contributed by atoms with van der Waals surface area (Å²) in [7, 11) is -1.74. The zero-order chi connectivity index (χ0) is 51.5. The minimum Gasteiger partial charge on any atom is -0.457 e. The molecule has 5 nitrogen and oxygen atoms in total. The number of para-hydroxylation sites is 3. The van der Waals surface area contributed by atoms with Gasteiger partial charge in [0.05, 0.1) is 35.8 Å².